The van der Waals surface area contributed by atoms with Crippen LogP contribution >= 0.6 is 0 Å². The Morgan fingerprint density at radius 2 is 1.96 bits per heavy atom. The summed E-state index contributed by atoms with van der Waals surface area (Å²) in [6, 6.07) is 1.71. The first-order chi connectivity index (χ1) is 11.4. The molecule has 24 heavy (non-hydrogen) atoms. The van der Waals surface area contributed by atoms with Gasteiger partial charge in [-0.2, -0.15) is 0 Å². The lowest BCUT2D eigenvalue weighted by Gasteiger charge is -2.33. The van der Waals surface area contributed by atoms with Crippen molar-refractivity contribution in [3.8, 4) is 0 Å². The summed E-state index contributed by atoms with van der Waals surface area (Å²) in [6.45, 7) is 5.25. The van der Waals surface area contributed by atoms with Gasteiger partial charge in [-0.15, -0.1) is 0 Å². The van der Waals surface area contributed by atoms with E-state index >= 15 is 0 Å². The third-order valence-corrected chi connectivity index (χ3v) is 7.04. The Morgan fingerprint density at radius 3 is 2.50 bits per heavy atom. The van der Waals surface area contributed by atoms with Crippen molar-refractivity contribution in [1.82, 2.24) is 9.62 Å². The Balaban J connectivity index is 1.55. The molecule has 0 spiro atoms. The number of hydrogen-bond donors (Lipinski definition) is 1. The van der Waals surface area contributed by atoms with E-state index in [0.29, 0.717) is 56.0 Å². The summed E-state index contributed by atoms with van der Waals surface area (Å²) in [6.07, 6.45) is 1.81. The highest BCUT2D eigenvalue weighted by Gasteiger charge is 2.37. The number of nitrogens with one attached hydrogen (secondary N) is 1. The molecule has 134 valence electrons. The second kappa shape index (κ2) is 6.85. The van der Waals surface area contributed by atoms with Crippen LogP contribution in [0.3, 0.4) is 0 Å². The number of hydrogen-bond acceptors (Lipinski definition) is 5. The van der Waals surface area contributed by atoms with Gasteiger partial charge in [0.25, 0.3) is 5.91 Å². The van der Waals surface area contributed by atoms with Gasteiger partial charge in [-0.3, -0.25) is 4.79 Å². The number of carbonyl (C=O) groups excluding carboxylic acids is 1. The van der Waals surface area contributed by atoms with Crippen LogP contribution < -0.4 is 5.32 Å². The molecular formula is C16H24N2O5S. The second-order valence-electron chi connectivity index (χ2n) is 6.50. The lowest BCUT2D eigenvalue weighted by atomic mass is 10.1. The SMILES string of the molecule is Cc1cc(C(=O)NC2CCN(S(=O)(=O)C3CCOC3)CC2)c(C)o1. The Bertz CT molecular complexity index is 698. The first-order valence-corrected chi connectivity index (χ1v) is 9.83. The highest BCUT2D eigenvalue weighted by atomic mass is 32.2. The number of aryl methyl sites for hydroxylation is 2. The number of nitrogens with zero attached hydrogens (tertiary/aromatic N) is 1. The maximum atomic E-state index is 12.5. The average molecular weight is 356 g/mol. The van der Waals surface area contributed by atoms with E-state index in [1.807, 2.05) is 0 Å². The zero-order valence-corrected chi connectivity index (χ0v) is 14.9. The van der Waals surface area contributed by atoms with Crippen molar-refractivity contribution >= 4 is 15.9 Å². The summed E-state index contributed by atoms with van der Waals surface area (Å²) < 4.78 is 37.2. The van der Waals surface area contributed by atoms with E-state index in [0.717, 1.165) is 0 Å². The molecule has 2 aliphatic heterocycles. The summed E-state index contributed by atoms with van der Waals surface area (Å²) in [5.74, 6) is 1.15. The second-order valence-corrected chi connectivity index (χ2v) is 8.72. The maximum absolute atomic E-state index is 12.5. The number of piperidine rings is 1. The Labute approximate surface area is 142 Å². The van der Waals surface area contributed by atoms with Gasteiger partial charge in [-0.05, 0) is 39.2 Å². The molecule has 2 saturated heterocycles. The molecule has 1 aromatic rings. The third kappa shape index (κ3) is 3.50. The minimum Gasteiger partial charge on any atom is -0.466 e. The number of sulfonamides is 1. The molecule has 1 N–H and O–H groups in total. The van der Waals surface area contributed by atoms with Gasteiger partial charge in [-0.25, -0.2) is 12.7 Å². The molecule has 0 radical (unpaired) electrons. The van der Waals surface area contributed by atoms with Gasteiger partial charge >= 0.3 is 0 Å². The Hall–Kier alpha value is -1.38. The third-order valence-electron chi connectivity index (χ3n) is 4.74. The van der Waals surface area contributed by atoms with Crippen LogP contribution in [0.25, 0.3) is 0 Å². The number of carbonyl (C=O) groups is 1. The van der Waals surface area contributed by atoms with Crippen molar-refractivity contribution in [3.05, 3.63) is 23.2 Å². The molecule has 3 heterocycles. The van der Waals surface area contributed by atoms with Crippen LogP contribution in [0.4, 0.5) is 0 Å². The minimum absolute atomic E-state index is 0.0154. The molecule has 0 bridgehead atoms. The van der Waals surface area contributed by atoms with Crippen LogP contribution in [0.15, 0.2) is 10.5 Å². The molecule has 2 aliphatic rings. The molecule has 0 aromatic carbocycles. The van der Waals surface area contributed by atoms with Crippen LogP contribution in [0.5, 0.6) is 0 Å². The number of amides is 1. The molecule has 3 rings (SSSR count). The maximum Gasteiger partial charge on any atom is 0.255 e. The van der Waals surface area contributed by atoms with Crippen LogP contribution in [-0.2, 0) is 14.8 Å². The molecule has 0 aliphatic carbocycles. The predicted molar refractivity (Wildman–Crippen MR) is 88.4 cm³/mol. The quantitative estimate of drug-likeness (QED) is 0.876. The highest BCUT2D eigenvalue weighted by Crippen LogP contribution is 2.22. The number of rotatable bonds is 4. The van der Waals surface area contributed by atoms with Crippen LogP contribution in [0.2, 0.25) is 0 Å². The fraction of sp³-hybridized carbons (Fsp3) is 0.688. The summed E-state index contributed by atoms with van der Waals surface area (Å²) >= 11 is 0. The van der Waals surface area contributed by atoms with Gasteiger partial charge in [-0.1, -0.05) is 0 Å². The largest absolute Gasteiger partial charge is 0.466 e. The number of furan rings is 1. The molecule has 1 aromatic heterocycles. The van der Waals surface area contributed by atoms with E-state index in [1.165, 1.54) is 0 Å². The summed E-state index contributed by atoms with van der Waals surface area (Å²) in [4.78, 5) is 12.3. The Morgan fingerprint density at radius 1 is 1.25 bits per heavy atom. The predicted octanol–water partition coefficient (Wildman–Crippen LogP) is 1.21. The van der Waals surface area contributed by atoms with Crippen molar-refractivity contribution in [3.63, 3.8) is 0 Å². The van der Waals surface area contributed by atoms with E-state index in [-0.39, 0.29) is 18.6 Å². The van der Waals surface area contributed by atoms with Crippen molar-refractivity contribution < 1.29 is 22.4 Å². The zero-order valence-electron chi connectivity index (χ0n) is 14.1. The smallest absolute Gasteiger partial charge is 0.255 e. The van der Waals surface area contributed by atoms with Crippen LogP contribution in [0, 0.1) is 13.8 Å². The van der Waals surface area contributed by atoms with Gasteiger partial charge in [0.05, 0.1) is 12.2 Å². The normalized spacial score (nSPS) is 23.5. The van der Waals surface area contributed by atoms with Crippen molar-refractivity contribution in [2.45, 2.75) is 44.4 Å². The van der Waals surface area contributed by atoms with Crippen LogP contribution in [0.1, 0.15) is 41.1 Å². The van der Waals surface area contributed by atoms with Gasteiger partial charge in [0.1, 0.15) is 16.8 Å². The fourth-order valence-corrected chi connectivity index (χ4v) is 5.14. The van der Waals surface area contributed by atoms with Crippen molar-refractivity contribution in [2.75, 3.05) is 26.3 Å². The first kappa shape index (κ1) is 17.4. The lowest BCUT2D eigenvalue weighted by molar-refractivity contribution is 0.0922. The van der Waals surface area contributed by atoms with E-state index in [2.05, 4.69) is 5.32 Å². The molecule has 2 fully saturated rings. The van der Waals surface area contributed by atoms with Crippen molar-refractivity contribution in [1.29, 1.82) is 0 Å². The first-order valence-electron chi connectivity index (χ1n) is 8.32. The summed E-state index contributed by atoms with van der Waals surface area (Å²) in [5, 5.41) is 2.57. The number of ether oxygens (including phenoxy) is 1. The van der Waals surface area contributed by atoms with Gasteiger partial charge < -0.3 is 14.5 Å². The zero-order chi connectivity index (χ0) is 17.3. The highest BCUT2D eigenvalue weighted by molar-refractivity contribution is 7.89. The van der Waals surface area contributed by atoms with Gasteiger partial charge in [0.15, 0.2) is 0 Å². The molecule has 1 unspecified atom stereocenters. The van der Waals surface area contributed by atoms with E-state index in [9.17, 15) is 13.2 Å². The molecule has 1 atom stereocenters. The standard InChI is InChI=1S/C16H24N2O5S/c1-11-9-15(12(2)23-11)16(19)17-13-3-6-18(7-4-13)24(20,21)14-5-8-22-10-14/h9,13-14H,3-8,10H2,1-2H3,(H,17,19). The Kier molecular flexibility index (Phi) is 4.98. The van der Waals surface area contributed by atoms with E-state index in [4.69, 9.17) is 9.15 Å². The molecule has 8 heteroatoms. The molecule has 7 nitrogen and oxygen atoms in total. The molecule has 1 amide bonds. The minimum atomic E-state index is -3.29. The van der Waals surface area contributed by atoms with Gasteiger partial charge in [0, 0.05) is 25.7 Å². The van der Waals surface area contributed by atoms with Crippen LogP contribution in [-0.4, -0.2) is 56.2 Å². The van der Waals surface area contributed by atoms with Gasteiger partial charge in [0.2, 0.25) is 10.0 Å². The molecule has 0 saturated carbocycles. The van der Waals surface area contributed by atoms with E-state index in [1.54, 1.807) is 24.2 Å². The molecular weight excluding hydrogens is 332 g/mol. The fourth-order valence-electron chi connectivity index (χ4n) is 3.33. The topological polar surface area (TPSA) is 88.9 Å². The lowest BCUT2D eigenvalue weighted by Crippen LogP contribution is -2.49. The monoisotopic (exact) mass is 356 g/mol. The average Bonchev–Trinajstić information content (AvgIpc) is 3.18. The summed E-state index contributed by atoms with van der Waals surface area (Å²) in [7, 11) is -3.29. The van der Waals surface area contributed by atoms with Crippen molar-refractivity contribution in [2.24, 2.45) is 0 Å². The summed E-state index contributed by atoms with van der Waals surface area (Å²) in [5.41, 5.74) is 0.547. The van der Waals surface area contributed by atoms with E-state index < -0.39 is 15.3 Å².